The first-order valence-corrected chi connectivity index (χ1v) is 11.4. The summed E-state index contributed by atoms with van der Waals surface area (Å²) in [5.74, 6) is 0.722. The molecule has 0 heterocycles. The second kappa shape index (κ2) is 24.9. The number of hydrogen-bond donors (Lipinski definition) is 2. The van der Waals surface area contributed by atoms with E-state index in [-0.39, 0.29) is 13.2 Å². The molecule has 0 bridgehead atoms. The molecule has 0 rings (SSSR count). The molecule has 0 aromatic heterocycles. The molecule has 11 heteroatoms. The quantitative estimate of drug-likeness (QED) is 0.183. The summed E-state index contributed by atoms with van der Waals surface area (Å²) in [7, 11) is 0. The molecular weight excluding hydrogens is 432 g/mol. The first-order valence-electron chi connectivity index (χ1n) is 10.9. The predicted octanol–water partition coefficient (Wildman–Crippen LogP) is 2.32. The normalized spacial score (nSPS) is 10.6. The third kappa shape index (κ3) is 24.8. The van der Waals surface area contributed by atoms with E-state index in [2.05, 4.69) is 10.6 Å². The van der Waals surface area contributed by atoms with Crippen molar-refractivity contribution in [3.63, 3.8) is 0 Å². The summed E-state index contributed by atoms with van der Waals surface area (Å²) in [6.45, 7) is 6.51. The van der Waals surface area contributed by atoms with Gasteiger partial charge in [-0.1, -0.05) is 12.8 Å². The molecule has 0 aromatic rings. The Labute approximate surface area is 190 Å². The van der Waals surface area contributed by atoms with Gasteiger partial charge in [-0.15, -0.1) is 11.6 Å². The van der Waals surface area contributed by atoms with Gasteiger partial charge in [-0.3, -0.25) is 0 Å². The largest absolute Gasteiger partial charge is 0.450 e. The van der Waals surface area contributed by atoms with Crippen LogP contribution in [0.25, 0.3) is 0 Å². The molecule has 184 valence electrons. The Hall–Kier alpha value is -1.33. The molecule has 0 aliphatic heterocycles. The molecule has 0 unspecified atom stereocenters. The number of ether oxygens (including phenoxy) is 6. The number of hydrogen-bond acceptors (Lipinski definition) is 8. The number of amides is 2. The molecule has 0 spiro atoms. The van der Waals surface area contributed by atoms with Crippen molar-refractivity contribution in [3.05, 3.63) is 0 Å². The minimum absolute atomic E-state index is 0.149. The molecule has 0 radical (unpaired) electrons. The van der Waals surface area contributed by atoms with Crippen LogP contribution in [0.1, 0.15) is 32.6 Å². The Kier molecular flexibility index (Phi) is 23.9. The van der Waals surface area contributed by atoms with Gasteiger partial charge < -0.3 is 39.1 Å². The predicted molar refractivity (Wildman–Crippen MR) is 117 cm³/mol. The smallest absolute Gasteiger partial charge is 0.407 e. The number of carbonyl (C=O) groups is 2. The minimum atomic E-state index is -0.512. The number of unbranched alkanes of at least 4 members (excludes halogenated alkanes) is 3. The topological polar surface area (TPSA) is 114 Å². The van der Waals surface area contributed by atoms with E-state index >= 15 is 0 Å². The standard InChI is InChI=1S/C20H39ClN2O8/c1-2-30-19(24)22-8-11-28-15-16-29-17-18-31-20(25)23-9-12-27-14-13-26-10-6-4-3-5-7-21/h2-18H2,1H3,(H,22,24)(H,23,25). The average molecular weight is 471 g/mol. The van der Waals surface area contributed by atoms with Crippen LogP contribution in [0.15, 0.2) is 0 Å². The Balaban J connectivity index is 3.19. The van der Waals surface area contributed by atoms with Crippen molar-refractivity contribution in [2.24, 2.45) is 0 Å². The first kappa shape index (κ1) is 29.7. The molecule has 0 aliphatic carbocycles. The van der Waals surface area contributed by atoms with Crippen molar-refractivity contribution < 1.29 is 38.0 Å². The number of rotatable bonds is 22. The number of nitrogens with one attached hydrogen (secondary N) is 2. The van der Waals surface area contributed by atoms with Gasteiger partial charge in [0.1, 0.15) is 6.61 Å². The highest BCUT2D eigenvalue weighted by molar-refractivity contribution is 6.17. The summed E-state index contributed by atoms with van der Waals surface area (Å²) in [6, 6.07) is 0. The number of halogens is 1. The van der Waals surface area contributed by atoms with Gasteiger partial charge in [0, 0.05) is 25.6 Å². The van der Waals surface area contributed by atoms with E-state index in [0.717, 1.165) is 38.2 Å². The van der Waals surface area contributed by atoms with E-state index in [4.69, 9.17) is 40.0 Å². The molecular formula is C20H39ClN2O8. The van der Waals surface area contributed by atoms with Gasteiger partial charge in [-0.05, 0) is 19.8 Å². The highest BCUT2D eigenvalue weighted by Crippen LogP contribution is 2.01. The maximum absolute atomic E-state index is 11.5. The minimum Gasteiger partial charge on any atom is -0.450 e. The highest BCUT2D eigenvalue weighted by atomic mass is 35.5. The van der Waals surface area contributed by atoms with Crippen LogP contribution in [0.4, 0.5) is 9.59 Å². The zero-order valence-corrected chi connectivity index (χ0v) is 19.4. The van der Waals surface area contributed by atoms with Crippen LogP contribution in [0, 0.1) is 0 Å². The van der Waals surface area contributed by atoms with Crippen molar-refractivity contribution in [1.29, 1.82) is 0 Å². The van der Waals surface area contributed by atoms with Crippen molar-refractivity contribution in [2.45, 2.75) is 32.6 Å². The fourth-order valence-corrected chi connectivity index (χ4v) is 2.36. The van der Waals surface area contributed by atoms with Gasteiger partial charge in [-0.2, -0.15) is 0 Å². The Morgan fingerprint density at radius 3 is 1.68 bits per heavy atom. The molecule has 0 atom stereocenters. The second-order valence-corrected chi connectivity index (χ2v) is 6.64. The van der Waals surface area contributed by atoms with Crippen molar-refractivity contribution in [1.82, 2.24) is 10.6 Å². The van der Waals surface area contributed by atoms with Crippen molar-refractivity contribution in [2.75, 3.05) is 85.0 Å². The van der Waals surface area contributed by atoms with Gasteiger partial charge in [0.25, 0.3) is 0 Å². The van der Waals surface area contributed by atoms with E-state index < -0.39 is 12.2 Å². The van der Waals surface area contributed by atoms with Gasteiger partial charge in [-0.25, -0.2) is 9.59 Å². The Bertz CT molecular complexity index is 419. The lowest BCUT2D eigenvalue weighted by Crippen LogP contribution is -2.29. The summed E-state index contributed by atoms with van der Waals surface area (Å²) in [4.78, 5) is 22.5. The van der Waals surface area contributed by atoms with Crippen LogP contribution in [-0.2, 0) is 28.4 Å². The van der Waals surface area contributed by atoms with Gasteiger partial charge >= 0.3 is 12.2 Å². The molecule has 0 aromatic carbocycles. The lowest BCUT2D eigenvalue weighted by molar-refractivity contribution is 0.0275. The molecule has 0 fully saturated rings. The number of alkyl halides is 1. The SMILES string of the molecule is CCOC(=O)NCCOCCOCCOC(=O)NCCOCCOCCCCCCCl. The van der Waals surface area contributed by atoms with Crippen molar-refractivity contribution >= 4 is 23.8 Å². The lowest BCUT2D eigenvalue weighted by Gasteiger charge is -2.09. The van der Waals surface area contributed by atoms with Crippen molar-refractivity contribution in [3.8, 4) is 0 Å². The molecule has 2 N–H and O–H groups in total. The molecule has 31 heavy (non-hydrogen) atoms. The average Bonchev–Trinajstić information content (AvgIpc) is 2.76. The summed E-state index contributed by atoms with van der Waals surface area (Å²) < 4.78 is 31.1. The summed E-state index contributed by atoms with van der Waals surface area (Å²) in [6.07, 6.45) is 3.40. The summed E-state index contributed by atoms with van der Waals surface area (Å²) in [5, 5.41) is 5.13. The molecule has 2 amide bonds. The fourth-order valence-electron chi connectivity index (χ4n) is 2.17. The Morgan fingerprint density at radius 1 is 0.613 bits per heavy atom. The Morgan fingerprint density at radius 2 is 1.10 bits per heavy atom. The molecule has 0 saturated heterocycles. The first-order chi connectivity index (χ1) is 15.2. The highest BCUT2D eigenvalue weighted by Gasteiger charge is 2.01. The second-order valence-electron chi connectivity index (χ2n) is 6.26. The van der Waals surface area contributed by atoms with E-state index in [1.54, 1.807) is 6.92 Å². The third-order valence-electron chi connectivity index (χ3n) is 3.68. The zero-order chi connectivity index (χ0) is 22.8. The van der Waals surface area contributed by atoms with E-state index in [1.807, 2.05) is 0 Å². The van der Waals surface area contributed by atoms with Crippen LogP contribution in [0.2, 0.25) is 0 Å². The summed E-state index contributed by atoms with van der Waals surface area (Å²) >= 11 is 5.62. The maximum Gasteiger partial charge on any atom is 0.407 e. The van der Waals surface area contributed by atoms with Crippen LogP contribution >= 0.6 is 11.6 Å². The maximum atomic E-state index is 11.5. The van der Waals surface area contributed by atoms with Gasteiger partial charge in [0.2, 0.25) is 0 Å². The zero-order valence-electron chi connectivity index (χ0n) is 18.7. The molecule has 10 nitrogen and oxygen atoms in total. The van der Waals surface area contributed by atoms with Crippen LogP contribution in [0.3, 0.4) is 0 Å². The van der Waals surface area contributed by atoms with E-state index in [1.165, 1.54) is 0 Å². The van der Waals surface area contributed by atoms with Crippen LogP contribution in [-0.4, -0.2) is 97.2 Å². The van der Waals surface area contributed by atoms with Gasteiger partial charge in [0.15, 0.2) is 0 Å². The van der Waals surface area contributed by atoms with E-state index in [0.29, 0.717) is 59.3 Å². The lowest BCUT2D eigenvalue weighted by atomic mass is 10.2. The third-order valence-corrected chi connectivity index (χ3v) is 3.95. The van der Waals surface area contributed by atoms with Crippen LogP contribution in [0.5, 0.6) is 0 Å². The number of alkyl carbamates (subject to hydrolysis) is 2. The van der Waals surface area contributed by atoms with Gasteiger partial charge in [0.05, 0.1) is 52.9 Å². The van der Waals surface area contributed by atoms with E-state index in [9.17, 15) is 9.59 Å². The molecule has 0 aliphatic rings. The summed E-state index contributed by atoms with van der Waals surface area (Å²) in [5.41, 5.74) is 0. The molecule has 0 saturated carbocycles. The monoisotopic (exact) mass is 470 g/mol. The fraction of sp³-hybridized carbons (Fsp3) is 0.900. The number of carbonyl (C=O) groups excluding carboxylic acids is 2. The van der Waals surface area contributed by atoms with Crippen LogP contribution < -0.4 is 10.6 Å².